The smallest absolute Gasteiger partial charge is 0.267 e. The van der Waals surface area contributed by atoms with Crippen LogP contribution in [0.5, 0.6) is 0 Å². The molecule has 0 aromatic carbocycles. The van der Waals surface area contributed by atoms with Crippen molar-refractivity contribution < 1.29 is 12.6 Å². The number of rotatable bonds is 7. The van der Waals surface area contributed by atoms with E-state index in [1.54, 1.807) is 6.92 Å². The molecule has 0 aliphatic carbocycles. The molecule has 4 heteroatoms. The van der Waals surface area contributed by atoms with Crippen LogP contribution in [-0.4, -0.2) is 20.8 Å². The lowest BCUT2D eigenvalue weighted by atomic mass is 10.1. The molecule has 0 spiro atoms. The van der Waals surface area contributed by atoms with Crippen molar-refractivity contribution in [3.63, 3.8) is 0 Å². The van der Waals surface area contributed by atoms with E-state index in [1.807, 2.05) is 0 Å². The molecule has 0 amide bonds. The molecule has 0 atom stereocenters. The maximum atomic E-state index is 10.9. The SMILES string of the molecule is CCS(=O)(=O)OCCCCC(C)C. The predicted octanol–water partition coefficient (Wildman–Crippen LogP) is 2.18. The van der Waals surface area contributed by atoms with Gasteiger partial charge in [0.1, 0.15) is 0 Å². The van der Waals surface area contributed by atoms with Crippen molar-refractivity contribution in [2.45, 2.75) is 40.0 Å². The van der Waals surface area contributed by atoms with E-state index in [0.29, 0.717) is 12.5 Å². The van der Waals surface area contributed by atoms with Crippen molar-refractivity contribution in [3.8, 4) is 0 Å². The van der Waals surface area contributed by atoms with Crippen LogP contribution >= 0.6 is 0 Å². The van der Waals surface area contributed by atoms with Gasteiger partial charge in [0.25, 0.3) is 10.1 Å². The molecule has 0 aliphatic heterocycles. The highest BCUT2D eigenvalue weighted by Gasteiger charge is 2.05. The van der Waals surface area contributed by atoms with E-state index in [1.165, 1.54) is 0 Å². The standard InChI is InChI=1S/C9H20O3S/c1-4-13(10,11)12-8-6-5-7-9(2)3/h9H,4-8H2,1-3H3. The molecule has 13 heavy (non-hydrogen) atoms. The normalized spacial score (nSPS) is 12.3. The molecule has 0 aliphatic rings. The molecule has 3 nitrogen and oxygen atoms in total. The van der Waals surface area contributed by atoms with E-state index in [0.717, 1.165) is 19.3 Å². The van der Waals surface area contributed by atoms with Gasteiger partial charge in [-0.3, -0.25) is 4.18 Å². The van der Waals surface area contributed by atoms with Crippen molar-refractivity contribution in [1.29, 1.82) is 0 Å². The summed E-state index contributed by atoms with van der Waals surface area (Å²) in [7, 11) is -3.22. The Morgan fingerprint density at radius 2 is 1.85 bits per heavy atom. The number of hydrogen-bond donors (Lipinski definition) is 0. The minimum atomic E-state index is -3.22. The van der Waals surface area contributed by atoms with Crippen LogP contribution in [0.25, 0.3) is 0 Å². The molecular weight excluding hydrogens is 188 g/mol. The highest BCUT2D eigenvalue weighted by molar-refractivity contribution is 7.86. The first kappa shape index (κ1) is 12.9. The van der Waals surface area contributed by atoms with Gasteiger partial charge in [-0.05, 0) is 19.3 Å². The van der Waals surface area contributed by atoms with E-state index in [9.17, 15) is 8.42 Å². The molecule has 0 aromatic heterocycles. The largest absolute Gasteiger partial charge is 0.270 e. The van der Waals surface area contributed by atoms with Crippen LogP contribution in [0, 0.1) is 5.92 Å². The third kappa shape index (κ3) is 8.25. The quantitative estimate of drug-likeness (QED) is 0.476. The van der Waals surface area contributed by atoms with Crippen LogP contribution < -0.4 is 0 Å². The molecule has 0 aromatic rings. The molecule has 0 bridgehead atoms. The van der Waals surface area contributed by atoms with Gasteiger partial charge in [0.05, 0.1) is 12.4 Å². The molecule has 0 radical (unpaired) electrons. The maximum absolute atomic E-state index is 10.9. The van der Waals surface area contributed by atoms with Gasteiger partial charge >= 0.3 is 0 Å². The van der Waals surface area contributed by atoms with E-state index in [-0.39, 0.29) is 5.75 Å². The van der Waals surface area contributed by atoms with Crippen LogP contribution in [0.3, 0.4) is 0 Å². The Morgan fingerprint density at radius 3 is 2.31 bits per heavy atom. The summed E-state index contributed by atoms with van der Waals surface area (Å²) in [6.45, 7) is 6.24. The minimum Gasteiger partial charge on any atom is -0.270 e. The van der Waals surface area contributed by atoms with Crippen LogP contribution in [-0.2, 0) is 14.3 Å². The van der Waals surface area contributed by atoms with E-state index >= 15 is 0 Å². The van der Waals surface area contributed by atoms with Gasteiger partial charge in [0.15, 0.2) is 0 Å². The molecular formula is C9H20O3S. The first-order valence-electron chi connectivity index (χ1n) is 4.85. The Hall–Kier alpha value is -0.0900. The van der Waals surface area contributed by atoms with Crippen LogP contribution in [0.1, 0.15) is 40.0 Å². The van der Waals surface area contributed by atoms with Gasteiger partial charge in [-0.25, -0.2) is 0 Å². The summed E-state index contributed by atoms with van der Waals surface area (Å²) in [5.74, 6) is 0.750. The Morgan fingerprint density at radius 1 is 1.23 bits per heavy atom. The first-order chi connectivity index (χ1) is 5.98. The second-order valence-corrected chi connectivity index (χ2v) is 5.49. The van der Waals surface area contributed by atoms with E-state index in [2.05, 4.69) is 13.8 Å². The summed E-state index contributed by atoms with van der Waals surface area (Å²) in [4.78, 5) is 0. The van der Waals surface area contributed by atoms with Gasteiger partial charge in [0, 0.05) is 0 Å². The average Bonchev–Trinajstić information content (AvgIpc) is 2.03. The van der Waals surface area contributed by atoms with Crippen molar-refractivity contribution in [2.75, 3.05) is 12.4 Å². The van der Waals surface area contributed by atoms with Gasteiger partial charge in [-0.1, -0.05) is 26.7 Å². The lowest BCUT2D eigenvalue weighted by Gasteiger charge is -2.04. The number of unbranched alkanes of at least 4 members (excludes halogenated alkanes) is 1. The van der Waals surface area contributed by atoms with Gasteiger partial charge < -0.3 is 0 Å². The summed E-state index contributed by atoms with van der Waals surface area (Å²) >= 11 is 0. The summed E-state index contributed by atoms with van der Waals surface area (Å²) in [6.07, 6.45) is 3.00. The van der Waals surface area contributed by atoms with E-state index in [4.69, 9.17) is 4.18 Å². The Bertz CT molecular complexity index is 207. The van der Waals surface area contributed by atoms with Crippen LogP contribution in [0.2, 0.25) is 0 Å². The highest BCUT2D eigenvalue weighted by atomic mass is 32.2. The lowest BCUT2D eigenvalue weighted by molar-refractivity contribution is 0.304. The second-order valence-electron chi connectivity index (χ2n) is 3.56. The van der Waals surface area contributed by atoms with Crippen molar-refractivity contribution >= 4 is 10.1 Å². The molecule has 0 saturated heterocycles. The summed E-state index contributed by atoms with van der Waals surface area (Å²) in [5, 5.41) is 0. The van der Waals surface area contributed by atoms with Crippen molar-refractivity contribution in [1.82, 2.24) is 0 Å². The second kappa shape index (κ2) is 6.38. The molecule has 0 heterocycles. The Labute approximate surface area is 81.6 Å². The first-order valence-corrected chi connectivity index (χ1v) is 6.42. The summed E-state index contributed by atoms with van der Waals surface area (Å²) < 4.78 is 26.5. The molecule has 80 valence electrons. The zero-order valence-corrected chi connectivity index (χ0v) is 9.56. The zero-order chi connectivity index (χ0) is 10.3. The zero-order valence-electron chi connectivity index (χ0n) is 8.75. The van der Waals surface area contributed by atoms with Crippen molar-refractivity contribution in [2.24, 2.45) is 5.92 Å². The van der Waals surface area contributed by atoms with Crippen LogP contribution in [0.15, 0.2) is 0 Å². The highest BCUT2D eigenvalue weighted by Crippen LogP contribution is 2.06. The van der Waals surface area contributed by atoms with Gasteiger partial charge in [-0.2, -0.15) is 8.42 Å². The van der Waals surface area contributed by atoms with Crippen LogP contribution in [0.4, 0.5) is 0 Å². The lowest BCUT2D eigenvalue weighted by Crippen LogP contribution is -2.09. The van der Waals surface area contributed by atoms with E-state index < -0.39 is 10.1 Å². The number of hydrogen-bond acceptors (Lipinski definition) is 3. The monoisotopic (exact) mass is 208 g/mol. The summed E-state index contributed by atoms with van der Waals surface area (Å²) in [6, 6.07) is 0. The third-order valence-electron chi connectivity index (χ3n) is 1.79. The fraction of sp³-hybridized carbons (Fsp3) is 1.00. The Kier molecular flexibility index (Phi) is 6.33. The fourth-order valence-electron chi connectivity index (χ4n) is 0.924. The molecule has 0 rings (SSSR count). The van der Waals surface area contributed by atoms with Gasteiger partial charge in [0.2, 0.25) is 0 Å². The van der Waals surface area contributed by atoms with Crippen molar-refractivity contribution in [3.05, 3.63) is 0 Å². The Balaban J connectivity index is 3.37. The molecule has 0 saturated carbocycles. The molecule has 0 fully saturated rings. The topological polar surface area (TPSA) is 43.4 Å². The maximum Gasteiger partial charge on any atom is 0.267 e. The van der Waals surface area contributed by atoms with Gasteiger partial charge in [-0.15, -0.1) is 0 Å². The third-order valence-corrected chi connectivity index (χ3v) is 3.03. The predicted molar refractivity (Wildman–Crippen MR) is 54.1 cm³/mol. The minimum absolute atomic E-state index is 0.0666. The molecule has 0 N–H and O–H groups in total. The molecule has 0 unspecified atom stereocenters. The summed E-state index contributed by atoms with van der Waals surface area (Å²) in [5.41, 5.74) is 0. The average molecular weight is 208 g/mol. The fourth-order valence-corrected chi connectivity index (χ4v) is 1.46.